The highest BCUT2D eigenvalue weighted by molar-refractivity contribution is 7.80. The molecular weight excluding hydrogens is 242 g/mol. The number of nitro groups is 1. The van der Waals surface area contributed by atoms with Gasteiger partial charge in [-0.05, 0) is 38.2 Å². The maximum absolute atomic E-state index is 11.1. The van der Waals surface area contributed by atoms with Crippen LogP contribution in [0, 0.1) is 16.0 Å². The Kier molecular flexibility index (Phi) is 4.28. The lowest BCUT2D eigenvalue weighted by atomic mass is 10.1. The number of ether oxygens (including phenoxy) is 1. The number of carbonyl (C=O) groups is 1. The second kappa shape index (κ2) is 5.49. The summed E-state index contributed by atoms with van der Waals surface area (Å²) in [5, 5.41) is 10.6. The zero-order chi connectivity index (χ0) is 13.0. The highest BCUT2D eigenvalue weighted by Crippen LogP contribution is 2.18. The van der Waals surface area contributed by atoms with Crippen LogP contribution in [-0.2, 0) is 4.79 Å². The van der Waals surface area contributed by atoms with Crippen molar-refractivity contribution in [1.29, 1.82) is 0 Å². The van der Waals surface area contributed by atoms with Crippen LogP contribution in [0.1, 0.15) is 13.8 Å². The van der Waals surface area contributed by atoms with Crippen molar-refractivity contribution >= 4 is 28.7 Å². The summed E-state index contributed by atoms with van der Waals surface area (Å²) in [5.41, 5.74) is -0.0251. The number of hydrogen-bond acceptors (Lipinski definition) is 5. The van der Waals surface area contributed by atoms with Crippen LogP contribution in [0.4, 0.5) is 5.69 Å². The number of nitrogens with zero attached hydrogens (tertiary/aromatic N) is 1. The fraction of sp³-hybridized carbons (Fsp3) is 0.273. The first-order valence-electron chi connectivity index (χ1n) is 4.88. The first-order valence-corrected chi connectivity index (χ1v) is 5.29. The number of hydrogen-bond donors (Lipinski definition) is 0. The van der Waals surface area contributed by atoms with E-state index in [9.17, 15) is 14.9 Å². The van der Waals surface area contributed by atoms with Crippen LogP contribution in [0.15, 0.2) is 24.3 Å². The zero-order valence-electron chi connectivity index (χ0n) is 9.38. The number of ketones is 1. The van der Waals surface area contributed by atoms with Gasteiger partial charge in [0.25, 0.3) is 5.69 Å². The number of rotatable bonds is 4. The van der Waals surface area contributed by atoms with Gasteiger partial charge in [0.15, 0.2) is 5.05 Å². The van der Waals surface area contributed by atoms with Crippen molar-refractivity contribution in [2.24, 2.45) is 5.92 Å². The van der Waals surface area contributed by atoms with Gasteiger partial charge in [0.2, 0.25) is 0 Å². The fourth-order valence-electron chi connectivity index (χ4n) is 1.01. The molecule has 1 rings (SSSR count). The number of non-ortho nitro benzene ring substituents is 1. The lowest BCUT2D eigenvalue weighted by Crippen LogP contribution is -2.21. The molecule has 17 heavy (non-hydrogen) atoms. The molecule has 0 saturated heterocycles. The third kappa shape index (κ3) is 3.60. The van der Waals surface area contributed by atoms with E-state index in [1.165, 1.54) is 31.2 Å². The van der Waals surface area contributed by atoms with E-state index >= 15 is 0 Å². The van der Waals surface area contributed by atoms with E-state index in [0.29, 0.717) is 5.75 Å². The van der Waals surface area contributed by atoms with Crippen LogP contribution in [0.5, 0.6) is 5.75 Å². The van der Waals surface area contributed by atoms with Gasteiger partial charge in [0.05, 0.1) is 10.8 Å². The monoisotopic (exact) mass is 253 g/mol. The first kappa shape index (κ1) is 13.2. The van der Waals surface area contributed by atoms with Crippen molar-refractivity contribution in [1.82, 2.24) is 0 Å². The number of benzene rings is 1. The molecule has 0 spiro atoms. The predicted octanol–water partition coefficient (Wildman–Crippen LogP) is 2.53. The van der Waals surface area contributed by atoms with E-state index in [1.807, 2.05) is 0 Å². The van der Waals surface area contributed by atoms with E-state index in [4.69, 9.17) is 17.0 Å². The van der Waals surface area contributed by atoms with Crippen molar-refractivity contribution in [2.45, 2.75) is 13.8 Å². The lowest BCUT2D eigenvalue weighted by molar-refractivity contribution is -0.384. The summed E-state index contributed by atoms with van der Waals surface area (Å²) in [7, 11) is 0. The Hall–Kier alpha value is -1.82. The Morgan fingerprint density at radius 3 is 2.35 bits per heavy atom. The SMILES string of the molecule is CC(=O)C(C)C(=S)Oc1ccc([N+](=O)[O-])cc1. The molecule has 0 N–H and O–H groups in total. The number of carbonyl (C=O) groups excluding carboxylic acids is 1. The minimum atomic E-state index is -0.500. The molecule has 0 radical (unpaired) electrons. The molecule has 0 aliphatic carbocycles. The Balaban J connectivity index is 2.73. The van der Waals surface area contributed by atoms with Gasteiger partial charge in [-0.25, -0.2) is 0 Å². The summed E-state index contributed by atoms with van der Waals surface area (Å²) >= 11 is 4.94. The maximum atomic E-state index is 11.1. The molecule has 0 aliphatic rings. The molecule has 0 aliphatic heterocycles. The second-order valence-electron chi connectivity index (χ2n) is 3.50. The van der Waals surface area contributed by atoms with Gasteiger partial charge in [-0.2, -0.15) is 0 Å². The smallest absolute Gasteiger partial charge is 0.269 e. The molecule has 0 heterocycles. The van der Waals surface area contributed by atoms with Gasteiger partial charge in [-0.15, -0.1) is 0 Å². The van der Waals surface area contributed by atoms with Crippen molar-refractivity contribution in [3.63, 3.8) is 0 Å². The quantitative estimate of drug-likeness (QED) is 0.468. The van der Waals surface area contributed by atoms with Crippen LogP contribution >= 0.6 is 12.2 Å². The molecule has 0 saturated carbocycles. The molecule has 90 valence electrons. The predicted molar refractivity (Wildman–Crippen MR) is 66.2 cm³/mol. The molecule has 0 fully saturated rings. The number of Topliss-reactive ketones (excluding diaryl/α,β-unsaturated/α-hetero) is 1. The van der Waals surface area contributed by atoms with E-state index in [-0.39, 0.29) is 16.5 Å². The van der Waals surface area contributed by atoms with Crippen molar-refractivity contribution in [3.8, 4) is 5.75 Å². The van der Waals surface area contributed by atoms with Crippen molar-refractivity contribution in [3.05, 3.63) is 34.4 Å². The Bertz CT molecular complexity index is 455. The van der Waals surface area contributed by atoms with Crippen molar-refractivity contribution in [2.75, 3.05) is 0 Å². The molecule has 0 aromatic heterocycles. The van der Waals surface area contributed by atoms with Gasteiger partial charge in [0, 0.05) is 12.1 Å². The van der Waals surface area contributed by atoms with Gasteiger partial charge >= 0.3 is 0 Å². The molecule has 5 nitrogen and oxygen atoms in total. The molecule has 1 aromatic rings. The van der Waals surface area contributed by atoms with Gasteiger partial charge in [0.1, 0.15) is 11.5 Å². The fourth-order valence-corrected chi connectivity index (χ4v) is 1.27. The highest BCUT2D eigenvalue weighted by Gasteiger charge is 2.16. The third-order valence-corrected chi connectivity index (χ3v) is 2.67. The Morgan fingerprint density at radius 1 is 1.41 bits per heavy atom. The first-order chi connectivity index (χ1) is 7.91. The van der Waals surface area contributed by atoms with Crippen LogP contribution in [0.2, 0.25) is 0 Å². The molecule has 1 unspecified atom stereocenters. The summed E-state index contributed by atoms with van der Waals surface area (Å²) in [4.78, 5) is 21.0. The Labute approximate surface area is 104 Å². The van der Waals surface area contributed by atoms with Crippen LogP contribution in [-0.4, -0.2) is 15.8 Å². The zero-order valence-corrected chi connectivity index (χ0v) is 10.2. The largest absolute Gasteiger partial charge is 0.450 e. The third-order valence-electron chi connectivity index (χ3n) is 2.23. The summed E-state index contributed by atoms with van der Waals surface area (Å²) in [5.74, 6) is -0.175. The topological polar surface area (TPSA) is 69.4 Å². The molecule has 6 heteroatoms. The van der Waals surface area contributed by atoms with E-state index in [0.717, 1.165) is 0 Å². The van der Waals surface area contributed by atoms with Crippen molar-refractivity contribution < 1.29 is 14.5 Å². The van der Waals surface area contributed by atoms with Gasteiger partial charge in [-0.1, -0.05) is 0 Å². The summed E-state index contributed by atoms with van der Waals surface area (Å²) < 4.78 is 5.26. The highest BCUT2D eigenvalue weighted by atomic mass is 32.1. The van der Waals surface area contributed by atoms with Crippen LogP contribution < -0.4 is 4.74 Å². The summed E-state index contributed by atoms with van der Waals surface area (Å²) in [6.07, 6.45) is 0. The molecule has 1 atom stereocenters. The van der Waals surface area contributed by atoms with E-state index in [1.54, 1.807) is 6.92 Å². The minimum Gasteiger partial charge on any atom is -0.450 e. The molecular formula is C11H11NO4S. The molecule has 1 aromatic carbocycles. The average molecular weight is 253 g/mol. The molecule has 0 bridgehead atoms. The van der Waals surface area contributed by atoms with E-state index < -0.39 is 10.8 Å². The van der Waals surface area contributed by atoms with Gasteiger partial charge in [-0.3, -0.25) is 14.9 Å². The summed E-state index contributed by atoms with van der Waals surface area (Å²) in [6, 6.07) is 5.52. The summed E-state index contributed by atoms with van der Waals surface area (Å²) in [6.45, 7) is 3.08. The number of thiocarbonyl (C=S) groups is 1. The maximum Gasteiger partial charge on any atom is 0.269 e. The van der Waals surface area contributed by atoms with Crippen LogP contribution in [0.25, 0.3) is 0 Å². The second-order valence-corrected chi connectivity index (χ2v) is 3.91. The number of nitro benzene ring substituents is 1. The lowest BCUT2D eigenvalue weighted by Gasteiger charge is -2.10. The minimum absolute atomic E-state index is 0.0251. The normalized spacial score (nSPS) is 11.6. The van der Waals surface area contributed by atoms with Crippen LogP contribution in [0.3, 0.4) is 0 Å². The Morgan fingerprint density at radius 2 is 1.94 bits per heavy atom. The molecule has 0 amide bonds. The standard InChI is InChI=1S/C11H11NO4S/c1-7(8(2)13)11(17)16-10-5-3-9(4-6-10)12(14)15/h3-7H,1-2H3. The van der Waals surface area contributed by atoms with E-state index in [2.05, 4.69) is 0 Å². The van der Waals surface area contributed by atoms with Gasteiger partial charge < -0.3 is 4.74 Å². The average Bonchev–Trinajstić information content (AvgIpc) is 2.28.